The van der Waals surface area contributed by atoms with Gasteiger partial charge in [-0.15, -0.1) is 0 Å². The molecule has 2 unspecified atom stereocenters. The highest BCUT2D eigenvalue weighted by Crippen LogP contribution is 2.74. The van der Waals surface area contributed by atoms with Gasteiger partial charge in [-0.25, -0.2) is 0 Å². The van der Waals surface area contributed by atoms with Crippen LogP contribution in [-0.2, 0) is 9.53 Å². The van der Waals surface area contributed by atoms with Crippen LogP contribution >= 0.6 is 0 Å². The van der Waals surface area contributed by atoms with E-state index < -0.39 is 5.60 Å². The van der Waals surface area contributed by atoms with Crippen molar-refractivity contribution < 1.29 is 9.53 Å². The summed E-state index contributed by atoms with van der Waals surface area (Å²) in [5.41, 5.74) is 1.16. The number of carbonyl (C=O) groups excluding carboxylic acids is 1. The van der Waals surface area contributed by atoms with E-state index in [0.717, 1.165) is 24.3 Å². The van der Waals surface area contributed by atoms with Crippen LogP contribution in [0.2, 0.25) is 0 Å². The lowest BCUT2D eigenvalue weighted by Crippen LogP contribution is -2.48. The molecule has 0 amide bonds. The van der Waals surface area contributed by atoms with Gasteiger partial charge in [0.1, 0.15) is 5.60 Å². The fourth-order valence-corrected chi connectivity index (χ4v) is 5.84. The summed E-state index contributed by atoms with van der Waals surface area (Å²) in [6.07, 6.45) is 5.89. The number of hydrogen-bond acceptors (Lipinski definition) is 2. The second-order valence-electron chi connectivity index (χ2n) is 7.69. The molecular weight excluding hydrogens is 236 g/mol. The lowest BCUT2D eigenvalue weighted by atomic mass is 9.66. The van der Waals surface area contributed by atoms with Crippen LogP contribution in [0.15, 0.2) is 12.2 Å². The van der Waals surface area contributed by atoms with Gasteiger partial charge in [0.15, 0.2) is 0 Å². The predicted molar refractivity (Wildman–Crippen MR) is 75.6 cm³/mol. The lowest BCUT2D eigenvalue weighted by Gasteiger charge is -2.46. The van der Waals surface area contributed by atoms with Crippen LogP contribution in [0, 0.1) is 22.7 Å². The van der Waals surface area contributed by atoms with Crippen molar-refractivity contribution in [2.45, 2.75) is 65.4 Å². The van der Waals surface area contributed by atoms with E-state index in [1.54, 1.807) is 0 Å². The molecule has 3 saturated carbocycles. The Kier molecular flexibility index (Phi) is 2.54. The van der Waals surface area contributed by atoms with Crippen LogP contribution in [0.3, 0.4) is 0 Å². The highest BCUT2D eigenvalue weighted by molar-refractivity contribution is 5.67. The van der Waals surface area contributed by atoms with Crippen molar-refractivity contribution in [1.29, 1.82) is 0 Å². The highest BCUT2D eigenvalue weighted by atomic mass is 16.6. The molecule has 0 heterocycles. The summed E-state index contributed by atoms with van der Waals surface area (Å²) in [5, 5.41) is 0. The van der Waals surface area contributed by atoms with Crippen LogP contribution in [0.1, 0.15) is 59.8 Å². The van der Waals surface area contributed by atoms with Crippen molar-refractivity contribution in [3.8, 4) is 0 Å². The number of hydrogen-bond donors (Lipinski definition) is 0. The molecule has 3 rings (SSSR count). The molecule has 3 aliphatic rings. The van der Waals surface area contributed by atoms with E-state index in [-0.39, 0.29) is 11.4 Å². The summed E-state index contributed by atoms with van der Waals surface area (Å²) in [6, 6.07) is 0. The topological polar surface area (TPSA) is 26.3 Å². The Balaban J connectivity index is 2.13. The molecule has 2 heteroatoms. The van der Waals surface area contributed by atoms with Gasteiger partial charge in [0.2, 0.25) is 0 Å². The Morgan fingerprint density at radius 2 is 2.05 bits per heavy atom. The second kappa shape index (κ2) is 3.65. The van der Waals surface area contributed by atoms with Crippen LogP contribution < -0.4 is 0 Å². The van der Waals surface area contributed by atoms with Gasteiger partial charge in [-0.3, -0.25) is 4.79 Å². The molecule has 106 valence electrons. The van der Waals surface area contributed by atoms with Gasteiger partial charge < -0.3 is 4.74 Å². The largest absolute Gasteiger partial charge is 0.454 e. The molecule has 0 aromatic carbocycles. The smallest absolute Gasteiger partial charge is 0.303 e. The van der Waals surface area contributed by atoms with E-state index in [9.17, 15) is 4.79 Å². The van der Waals surface area contributed by atoms with Gasteiger partial charge in [0, 0.05) is 12.3 Å². The summed E-state index contributed by atoms with van der Waals surface area (Å²) in [4.78, 5) is 11.7. The van der Waals surface area contributed by atoms with Crippen LogP contribution in [0.25, 0.3) is 0 Å². The van der Waals surface area contributed by atoms with Gasteiger partial charge in [0.25, 0.3) is 0 Å². The number of fused-ring (bicyclic) bond motifs is 1. The van der Waals surface area contributed by atoms with E-state index in [0.29, 0.717) is 11.3 Å². The molecule has 4 atom stereocenters. The fraction of sp³-hybridized carbons (Fsp3) is 0.824. The summed E-state index contributed by atoms with van der Waals surface area (Å²) >= 11 is 0. The second-order valence-corrected chi connectivity index (χ2v) is 7.69. The molecule has 0 aromatic rings. The summed E-state index contributed by atoms with van der Waals surface area (Å²) in [6.45, 7) is 12.8. The quantitative estimate of drug-likeness (QED) is 0.525. The first-order valence-corrected chi connectivity index (χ1v) is 7.64. The third kappa shape index (κ3) is 1.35. The van der Waals surface area contributed by atoms with E-state index >= 15 is 0 Å². The number of carbonyl (C=O) groups is 1. The third-order valence-electron chi connectivity index (χ3n) is 6.84. The van der Waals surface area contributed by atoms with E-state index in [2.05, 4.69) is 27.4 Å². The van der Waals surface area contributed by atoms with Gasteiger partial charge in [-0.2, -0.15) is 0 Å². The van der Waals surface area contributed by atoms with Crippen molar-refractivity contribution in [3.63, 3.8) is 0 Å². The first-order valence-electron chi connectivity index (χ1n) is 7.64. The van der Waals surface area contributed by atoms with E-state index in [1.165, 1.54) is 26.2 Å². The molecule has 0 saturated heterocycles. The normalized spacial score (nSPS) is 47.1. The molecule has 19 heavy (non-hydrogen) atoms. The zero-order chi connectivity index (χ0) is 14.1. The Morgan fingerprint density at radius 3 is 2.68 bits per heavy atom. The summed E-state index contributed by atoms with van der Waals surface area (Å²) < 4.78 is 5.94. The van der Waals surface area contributed by atoms with Gasteiger partial charge >= 0.3 is 5.97 Å². The summed E-state index contributed by atoms with van der Waals surface area (Å²) in [5.74, 6) is 1.27. The lowest BCUT2D eigenvalue weighted by molar-refractivity contribution is -0.165. The Hall–Kier alpha value is -0.790. The maximum Gasteiger partial charge on any atom is 0.303 e. The molecule has 0 aromatic heterocycles. The molecule has 1 spiro atoms. The molecule has 0 N–H and O–H groups in total. The first kappa shape index (κ1) is 13.2. The maximum atomic E-state index is 11.7. The van der Waals surface area contributed by atoms with Crippen molar-refractivity contribution in [1.82, 2.24) is 0 Å². The van der Waals surface area contributed by atoms with Gasteiger partial charge in [-0.1, -0.05) is 27.4 Å². The first-order chi connectivity index (χ1) is 8.76. The Bertz CT molecular complexity index is 450. The predicted octanol–water partition coefficient (Wildman–Crippen LogP) is 4.10. The van der Waals surface area contributed by atoms with Crippen LogP contribution in [-0.4, -0.2) is 11.6 Å². The average Bonchev–Trinajstić information content (AvgIpc) is 2.68. The average molecular weight is 262 g/mol. The Labute approximate surface area is 116 Å². The minimum absolute atomic E-state index is 0.0248. The molecular formula is C17H26O2. The maximum absolute atomic E-state index is 11.7. The number of ether oxygens (including phenoxy) is 1. The number of rotatable bonds is 1. The van der Waals surface area contributed by atoms with Crippen molar-refractivity contribution in [3.05, 3.63) is 12.2 Å². The molecule has 2 nitrogen and oxygen atoms in total. The Morgan fingerprint density at radius 1 is 1.37 bits per heavy atom. The third-order valence-corrected chi connectivity index (χ3v) is 6.84. The molecule has 0 aliphatic heterocycles. The minimum atomic E-state index is -0.406. The van der Waals surface area contributed by atoms with Crippen LogP contribution in [0.4, 0.5) is 0 Å². The standard InChI is InChI=1S/C17H26O2/c1-11-6-7-14-15(4,5)17(19-13(3)18)10-16(11,14)9-8-12(17)2/h11,14H,2,6-10H2,1,3-5H3/t11-,14?,16+,17?/m1/s1. The van der Waals surface area contributed by atoms with Gasteiger partial charge in [0.05, 0.1) is 0 Å². The molecule has 0 radical (unpaired) electrons. The zero-order valence-electron chi connectivity index (χ0n) is 12.7. The van der Waals surface area contributed by atoms with E-state index in [4.69, 9.17) is 4.74 Å². The SMILES string of the molecule is C=C1CC[C@@]23CC1(OC(C)=O)C(C)(C)C2CC[C@H]3C. The van der Waals surface area contributed by atoms with Gasteiger partial charge in [-0.05, 0) is 54.9 Å². The minimum Gasteiger partial charge on any atom is -0.454 e. The molecule has 3 aliphatic carbocycles. The fourth-order valence-electron chi connectivity index (χ4n) is 5.84. The van der Waals surface area contributed by atoms with Crippen molar-refractivity contribution in [2.24, 2.45) is 22.7 Å². The number of esters is 1. The molecule has 2 bridgehead atoms. The van der Waals surface area contributed by atoms with Crippen LogP contribution in [0.5, 0.6) is 0 Å². The van der Waals surface area contributed by atoms with Crippen molar-refractivity contribution >= 4 is 5.97 Å². The molecule has 3 fully saturated rings. The van der Waals surface area contributed by atoms with Crippen molar-refractivity contribution in [2.75, 3.05) is 0 Å². The zero-order valence-corrected chi connectivity index (χ0v) is 12.7. The van der Waals surface area contributed by atoms with E-state index in [1.807, 2.05) is 0 Å². The monoisotopic (exact) mass is 262 g/mol. The highest BCUT2D eigenvalue weighted by Gasteiger charge is 2.72. The summed E-state index contributed by atoms with van der Waals surface area (Å²) in [7, 11) is 0.